The number of hydrogen-bond acceptors (Lipinski definition) is 3. The van der Waals surface area contributed by atoms with E-state index in [1.165, 1.54) is 13.8 Å². The Morgan fingerprint density at radius 2 is 2.21 bits per heavy atom. The molecule has 0 spiro atoms. The standard InChI is InChI=1S/C11H14O3/c1-9(13)10(2,14)11(8-12)6-4-3-5-7-11/h3-6,8,14H,7H2,1-2H3/t10-,11+/m0/s1. The quantitative estimate of drug-likeness (QED) is 0.683. The summed E-state index contributed by atoms with van der Waals surface area (Å²) in [6.07, 6.45) is 7.83. The van der Waals surface area contributed by atoms with Gasteiger partial charge in [0, 0.05) is 0 Å². The van der Waals surface area contributed by atoms with Gasteiger partial charge in [-0.1, -0.05) is 24.3 Å². The zero-order valence-electron chi connectivity index (χ0n) is 8.36. The van der Waals surface area contributed by atoms with E-state index in [2.05, 4.69) is 0 Å². The van der Waals surface area contributed by atoms with Crippen molar-refractivity contribution < 1.29 is 14.7 Å². The molecule has 0 saturated heterocycles. The third-order valence-electron chi connectivity index (χ3n) is 2.90. The molecule has 1 N–H and O–H groups in total. The fourth-order valence-corrected chi connectivity index (χ4v) is 1.53. The Morgan fingerprint density at radius 3 is 2.57 bits per heavy atom. The minimum atomic E-state index is -1.63. The van der Waals surface area contributed by atoms with Crippen LogP contribution >= 0.6 is 0 Å². The highest BCUT2D eigenvalue weighted by atomic mass is 16.3. The maximum atomic E-state index is 11.3. The van der Waals surface area contributed by atoms with Gasteiger partial charge in [0.05, 0.1) is 5.41 Å². The third-order valence-corrected chi connectivity index (χ3v) is 2.90. The lowest BCUT2D eigenvalue weighted by Gasteiger charge is -2.37. The number of carbonyl (C=O) groups excluding carboxylic acids is 2. The molecule has 0 amide bonds. The molecule has 3 heteroatoms. The van der Waals surface area contributed by atoms with E-state index in [0.717, 1.165) is 0 Å². The van der Waals surface area contributed by atoms with Gasteiger partial charge in [-0.15, -0.1) is 0 Å². The van der Waals surface area contributed by atoms with Gasteiger partial charge in [-0.3, -0.25) is 4.79 Å². The second-order valence-electron chi connectivity index (χ2n) is 3.78. The fraction of sp³-hybridized carbons (Fsp3) is 0.455. The van der Waals surface area contributed by atoms with E-state index in [1.54, 1.807) is 24.3 Å². The highest BCUT2D eigenvalue weighted by Gasteiger charge is 2.48. The largest absolute Gasteiger partial charge is 0.381 e. The predicted molar refractivity (Wildman–Crippen MR) is 52.7 cm³/mol. The summed E-state index contributed by atoms with van der Waals surface area (Å²) in [6.45, 7) is 2.67. The first-order chi connectivity index (χ1) is 6.46. The van der Waals surface area contributed by atoms with E-state index in [1.807, 2.05) is 0 Å². The normalized spacial score (nSPS) is 29.6. The topological polar surface area (TPSA) is 54.4 Å². The number of rotatable bonds is 3. The first-order valence-electron chi connectivity index (χ1n) is 4.50. The Labute approximate surface area is 83.1 Å². The summed E-state index contributed by atoms with van der Waals surface area (Å²) in [5, 5.41) is 10.0. The maximum Gasteiger partial charge on any atom is 0.162 e. The Bertz CT molecular complexity index is 312. The lowest BCUT2D eigenvalue weighted by Crippen LogP contribution is -2.51. The minimum Gasteiger partial charge on any atom is -0.381 e. The van der Waals surface area contributed by atoms with Crippen LogP contribution in [0.4, 0.5) is 0 Å². The minimum absolute atomic E-state index is 0.361. The van der Waals surface area contributed by atoms with Crippen molar-refractivity contribution in [3.63, 3.8) is 0 Å². The highest BCUT2D eigenvalue weighted by Crippen LogP contribution is 2.37. The molecule has 0 aliphatic heterocycles. The van der Waals surface area contributed by atoms with Crippen LogP contribution in [-0.2, 0) is 9.59 Å². The Kier molecular flexibility index (Phi) is 2.71. The van der Waals surface area contributed by atoms with Crippen LogP contribution in [0, 0.1) is 5.41 Å². The molecule has 0 aromatic rings. The molecule has 0 radical (unpaired) electrons. The maximum absolute atomic E-state index is 11.3. The van der Waals surface area contributed by atoms with Crippen molar-refractivity contribution in [2.75, 3.05) is 0 Å². The van der Waals surface area contributed by atoms with Crippen LogP contribution in [-0.4, -0.2) is 22.8 Å². The van der Waals surface area contributed by atoms with Gasteiger partial charge >= 0.3 is 0 Å². The summed E-state index contributed by atoms with van der Waals surface area (Å²) in [6, 6.07) is 0. The first-order valence-corrected chi connectivity index (χ1v) is 4.50. The number of hydrogen-bond donors (Lipinski definition) is 1. The van der Waals surface area contributed by atoms with Gasteiger partial charge in [0.1, 0.15) is 11.9 Å². The molecule has 0 aromatic carbocycles. The van der Waals surface area contributed by atoms with Gasteiger partial charge < -0.3 is 9.90 Å². The van der Waals surface area contributed by atoms with Crippen LogP contribution in [0.2, 0.25) is 0 Å². The number of aldehydes is 1. The van der Waals surface area contributed by atoms with Crippen LogP contribution in [0.1, 0.15) is 20.3 Å². The summed E-state index contributed by atoms with van der Waals surface area (Å²) in [7, 11) is 0. The van der Waals surface area contributed by atoms with E-state index >= 15 is 0 Å². The Balaban J connectivity index is 3.13. The number of aliphatic hydroxyl groups is 1. The second-order valence-corrected chi connectivity index (χ2v) is 3.78. The SMILES string of the molecule is CC(=O)[C@](C)(O)[C@]1(C=O)C=CC=CC1. The van der Waals surface area contributed by atoms with Crippen molar-refractivity contribution in [1.29, 1.82) is 0 Å². The molecule has 0 aromatic heterocycles. The van der Waals surface area contributed by atoms with Crippen LogP contribution in [0.25, 0.3) is 0 Å². The molecule has 1 rings (SSSR count). The molecule has 0 unspecified atom stereocenters. The monoisotopic (exact) mass is 194 g/mol. The molecular weight excluding hydrogens is 180 g/mol. The summed E-state index contributed by atoms with van der Waals surface area (Å²) in [4.78, 5) is 22.3. The van der Waals surface area contributed by atoms with Gasteiger partial charge in [0.15, 0.2) is 5.78 Å². The van der Waals surface area contributed by atoms with Crippen LogP contribution in [0.15, 0.2) is 24.3 Å². The average molecular weight is 194 g/mol. The van der Waals surface area contributed by atoms with Crippen molar-refractivity contribution in [3.05, 3.63) is 24.3 Å². The first kappa shape index (κ1) is 10.9. The molecule has 3 nitrogen and oxygen atoms in total. The molecule has 0 fully saturated rings. The molecule has 0 saturated carbocycles. The molecule has 14 heavy (non-hydrogen) atoms. The average Bonchev–Trinajstić information content (AvgIpc) is 2.18. The van der Waals surface area contributed by atoms with Gasteiger partial charge in [0.2, 0.25) is 0 Å². The van der Waals surface area contributed by atoms with E-state index in [4.69, 9.17) is 0 Å². The van der Waals surface area contributed by atoms with Crippen LogP contribution in [0.5, 0.6) is 0 Å². The lowest BCUT2D eigenvalue weighted by molar-refractivity contribution is -0.149. The lowest BCUT2D eigenvalue weighted by atomic mass is 9.68. The number of ketones is 1. The third kappa shape index (κ3) is 1.44. The Hall–Kier alpha value is -1.22. The van der Waals surface area contributed by atoms with Gasteiger partial charge in [0.25, 0.3) is 0 Å². The molecule has 1 aliphatic carbocycles. The van der Waals surface area contributed by atoms with Crippen molar-refractivity contribution >= 4 is 12.1 Å². The van der Waals surface area contributed by atoms with Crippen molar-refractivity contribution in [2.45, 2.75) is 25.9 Å². The van der Waals surface area contributed by atoms with Crippen LogP contribution in [0.3, 0.4) is 0 Å². The predicted octanol–water partition coefficient (Wildman–Crippen LogP) is 1.03. The molecule has 2 atom stereocenters. The van der Waals surface area contributed by atoms with E-state index < -0.39 is 16.8 Å². The van der Waals surface area contributed by atoms with Gasteiger partial charge in [-0.05, 0) is 20.3 Å². The summed E-state index contributed by atoms with van der Waals surface area (Å²) in [5.41, 5.74) is -2.73. The van der Waals surface area contributed by atoms with Gasteiger partial charge in [-0.2, -0.15) is 0 Å². The fourth-order valence-electron chi connectivity index (χ4n) is 1.53. The molecule has 1 aliphatic rings. The molecule has 0 heterocycles. The molecular formula is C11H14O3. The number of carbonyl (C=O) groups is 2. The Morgan fingerprint density at radius 1 is 1.57 bits per heavy atom. The number of Topliss-reactive ketones (excluding diaryl/α,β-unsaturated/α-hetero) is 1. The van der Waals surface area contributed by atoms with Crippen molar-refractivity contribution in [3.8, 4) is 0 Å². The summed E-state index contributed by atoms with van der Waals surface area (Å²) >= 11 is 0. The van der Waals surface area contributed by atoms with E-state index in [-0.39, 0.29) is 0 Å². The van der Waals surface area contributed by atoms with E-state index in [0.29, 0.717) is 12.7 Å². The van der Waals surface area contributed by atoms with Crippen LogP contribution < -0.4 is 0 Å². The molecule has 0 bridgehead atoms. The van der Waals surface area contributed by atoms with E-state index in [9.17, 15) is 14.7 Å². The highest BCUT2D eigenvalue weighted by molar-refractivity contribution is 5.90. The second kappa shape index (κ2) is 3.50. The number of allylic oxidation sites excluding steroid dienone is 3. The summed E-state index contributed by atoms with van der Waals surface area (Å²) < 4.78 is 0. The summed E-state index contributed by atoms with van der Waals surface area (Å²) in [5.74, 6) is -0.399. The van der Waals surface area contributed by atoms with Crippen molar-refractivity contribution in [1.82, 2.24) is 0 Å². The molecule has 76 valence electrons. The van der Waals surface area contributed by atoms with Crippen molar-refractivity contribution in [2.24, 2.45) is 5.41 Å². The zero-order chi connectivity index (χ0) is 10.8. The smallest absolute Gasteiger partial charge is 0.162 e. The zero-order valence-corrected chi connectivity index (χ0v) is 8.36. The van der Waals surface area contributed by atoms with Gasteiger partial charge in [-0.25, -0.2) is 0 Å².